The van der Waals surface area contributed by atoms with E-state index in [1.54, 1.807) is 26.8 Å². The molecule has 0 atom stereocenters. The number of carbonyl (C=O) groups is 3. The van der Waals surface area contributed by atoms with Crippen LogP contribution in [0.1, 0.15) is 66.8 Å². The Balaban J connectivity index is 1.99. The van der Waals surface area contributed by atoms with Crippen molar-refractivity contribution in [1.29, 1.82) is 5.26 Å². The lowest BCUT2D eigenvalue weighted by Gasteiger charge is -2.10. The van der Waals surface area contributed by atoms with Crippen molar-refractivity contribution in [1.82, 2.24) is 4.57 Å². The highest BCUT2D eigenvalue weighted by Gasteiger charge is 2.28. The number of hydrogen-bond donors (Lipinski definition) is 0. The molecule has 0 radical (unpaired) electrons. The zero-order valence-electron chi connectivity index (χ0n) is 21.9. The van der Waals surface area contributed by atoms with Crippen LogP contribution in [0.4, 0.5) is 0 Å². The van der Waals surface area contributed by atoms with Crippen molar-refractivity contribution in [2.75, 3.05) is 13.2 Å². The van der Waals surface area contributed by atoms with Gasteiger partial charge in [-0.3, -0.25) is 4.79 Å². The molecule has 0 fully saturated rings. The summed E-state index contributed by atoms with van der Waals surface area (Å²) in [6, 6.07) is 12.0. The monoisotopic (exact) mass is 518 g/mol. The normalized spacial score (nSPS) is 11.2. The van der Waals surface area contributed by atoms with Crippen molar-refractivity contribution in [3.05, 3.63) is 79.3 Å². The summed E-state index contributed by atoms with van der Waals surface area (Å²) in [5, 5.41) is 9.83. The van der Waals surface area contributed by atoms with Crippen LogP contribution in [0.15, 0.2) is 35.9 Å². The predicted molar refractivity (Wildman–Crippen MR) is 143 cm³/mol. The van der Waals surface area contributed by atoms with Gasteiger partial charge in [-0.2, -0.15) is 5.26 Å². The molecule has 0 amide bonds. The number of aromatic nitrogens is 1. The van der Waals surface area contributed by atoms with Gasteiger partial charge in [-0.05, 0) is 82.5 Å². The number of nitrogens with zero attached hydrogens (tertiary/aromatic N) is 2. The quantitative estimate of drug-likeness (QED) is 0.200. The Morgan fingerprint density at radius 2 is 1.70 bits per heavy atom. The van der Waals surface area contributed by atoms with Crippen LogP contribution in [0, 0.1) is 39.0 Å². The molecule has 0 aliphatic heterocycles. The minimum atomic E-state index is -0.612. The second-order valence-corrected chi connectivity index (χ2v) is 9.67. The van der Waals surface area contributed by atoms with E-state index in [4.69, 9.17) is 9.47 Å². The number of aryl methyl sites for hydroxylation is 2. The molecule has 2 heterocycles. The number of ether oxygens (including phenoxy) is 2. The highest BCUT2D eigenvalue weighted by atomic mass is 32.1. The number of benzene rings is 1. The van der Waals surface area contributed by atoms with Crippen LogP contribution < -0.4 is 0 Å². The molecule has 0 saturated carbocycles. The molecule has 0 aliphatic rings. The zero-order chi connectivity index (χ0) is 27.3. The fourth-order valence-corrected chi connectivity index (χ4v) is 5.41. The first-order valence-corrected chi connectivity index (χ1v) is 12.8. The SMILES string of the molecule is CCOC(=O)c1sc(CC(=O)/C(C#N)=C\c2cc(C)n(-c3cccc(C)c3)c2C)c(C(=O)OCC)c1C. The Morgan fingerprint density at radius 1 is 1.03 bits per heavy atom. The number of esters is 2. The molecule has 37 heavy (non-hydrogen) atoms. The summed E-state index contributed by atoms with van der Waals surface area (Å²) in [6.45, 7) is 11.3. The number of rotatable bonds is 9. The average Bonchev–Trinajstić information content (AvgIpc) is 3.32. The predicted octanol–water partition coefficient (Wildman–Crippen LogP) is 5.84. The first kappa shape index (κ1) is 27.6. The van der Waals surface area contributed by atoms with Crippen LogP contribution >= 0.6 is 11.3 Å². The summed E-state index contributed by atoms with van der Waals surface area (Å²) in [5.41, 5.74) is 5.29. The summed E-state index contributed by atoms with van der Waals surface area (Å²) >= 11 is 1.02. The third-order valence-electron chi connectivity index (χ3n) is 5.93. The minimum absolute atomic E-state index is 0.0389. The molecule has 8 heteroatoms. The van der Waals surface area contributed by atoms with E-state index in [1.165, 1.54) is 0 Å². The Labute approximate surface area is 220 Å². The van der Waals surface area contributed by atoms with Gasteiger partial charge in [-0.15, -0.1) is 11.3 Å². The van der Waals surface area contributed by atoms with E-state index in [2.05, 4.69) is 10.6 Å². The largest absolute Gasteiger partial charge is 0.462 e. The summed E-state index contributed by atoms with van der Waals surface area (Å²) in [4.78, 5) is 39.0. The number of hydrogen-bond acceptors (Lipinski definition) is 7. The third-order valence-corrected chi connectivity index (χ3v) is 7.20. The molecule has 2 aromatic heterocycles. The fraction of sp³-hybridized carbons (Fsp3) is 0.310. The standard InChI is InChI=1S/C29H30N2O5S/c1-7-35-28(33)26-19(5)27(29(34)36-8-2)37-25(26)15-24(32)22(16-30)14-21-13-18(4)31(20(21)6)23-11-9-10-17(3)12-23/h9-14H,7-8,15H2,1-6H3/b22-14-. The van der Waals surface area contributed by atoms with Gasteiger partial charge in [0.05, 0.1) is 24.4 Å². The van der Waals surface area contributed by atoms with Crippen molar-refractivity contribution in [2.45, 2.75) is 48.0 Å². The van der Waals surface area contributed by atoms with E-state index >= 15 is 0 Å². The minimum Gasteiger partial charge on any atom is -0.462 e. The van der Waals surface area contributed by atoms with E-state index in [1.807, 2.05) is 51.1 Å². The Morgan fingerprint density at radius 3 is 2.32 bits per heavy atom. The number of allylic oxidation sites excluding steroid dienone is 1. The van der Waals surface area contributed by atoms with Gasteiger partial charge >= 0.3 is 11.9 Å². The van der Waals surface area contributed by atoms with Gasteiger partial charge in [0.1, 0.15) is 10.9 Å². The molecule has 0 spiro atoms. The molecule has 3 aromatic rings. The first-order valence-electron chi connectivity index (χ1n) is 12.0. The molecule has 0 N–H and O–H groups in total. The summed E-state index contributed by atoms with van der Waals surface area (Å²) in [5.74, 6) is -1.63. The number of Topliss-reactive ketones (excluding diaryl/α,β-unsaturated/α-hetero) is 1. The van der Waals surface area contributed by atoms with Crippen molar-refractivity contribution < 1.29 is 23.9 Å². The lowest BCUT2D eigenvalue weighted by molar-refractivity contribution is -0.114. The molecule has 0 unspecified atom stereocenters. The molecule has 0 aliphatic carbocycles. The number of thiophene rings is 1. The summed E-state index contributed by atoms with van der Waals surface area (Å²) in [7, 11) is 0. The van der Waals surface area contributed by atoms with Gasteiger partial charge in [-0.25, -0.2) is 9.59 Å². The Kier molecular flexibility index (Phi) is 8.85. The maximum atomic E-state index is 13.3. The molecular formula is C29H30N2O5S. The number of ketones is 1. The highest BCUT2D eigenvalue weighted by Crippen LogP contribution is 2.31. The van der Waals surface area contributed by atoms with Gasteiger partial charge in [-0.1, -0.05) is 12.1 Å². The van der Waals surface area contributed by atoms with Crippen LogP contribution in [0.25, 0.3) is 11.8 Å². The van der Waals surface area contributed by atoms with Gasteiger partial charge in [0.15, 0.2) is 5.78 Å². The topological polar surface area (TPSA) is 98.4 Å². The average molecular weight is 519 g/mol. The van der Waals surface area contributed by atoms with Crippen LogP contribution in [0.2, 0.25) is 0 Å². The number of carbonyl (C=O) groups excluding carboxylic acids is 3. The van der Waals surface area contributed by atoms with Crippen LogP contribution in [0.5, 0.6) is 0 Å². The van der Waals surface area contributed by atoms with Crippen molar-refractivity contribution in [3.63, 3.8) is 0 Å². The van der Waals surface area contributed by atoms with E-state index in [9.17, 15) is 19.6 Å². The lowest BCUT2D eigenvalue weighted by atomic mass is 10.0. The van der Waals surface area contributed by atoms with Crippen molar-refractivity contribution in [2.24, 2.45) is 0 Å². The number of nitriles is 1. The zero-order valence-corrected chi connectivity index (χ0v) is 22.7. The van der Waals surface area contributed by atoms with Gasteiger partial charge in [0.2, 0.25) is 0 Å². The molecule has 192 valence electrons. The van der Waals surface area contributed by atoms with E-state index < -0.39 is 17.7 Å². The molecule has 1 aromatic carbocycles. The summed E-state index contributed by atoms with van der Waals surface area (Å²) < 4.78 is 12.4. The molecular weight excluding hydrogens is 488 g/mol. The van der Waals surface area contributed by atoms with Crippen molar-refractivity contribution in [3.8, 4) is 11.8 Å². The lowest BCUT2D eigenvalue weighted by Crippen LogP contribution is -2.12. The molecule has 0 bridgehead atoms. The maximum absolute atomic E-state index is 13.3. The molecule has 3 rings (SSSR count). The van der Waals surface area contributed by atoms with E-state index in [0.29, 0.717) is 10.4 Å². The second-order valence-electron chi connectivity index (χ2n) is 8.57. The maximum Gasteiger partial charge on any atom is 0.348 e. The third kappa shape index (κ3) is 5.89. The van der Waals surface area contributed by atoms with Crippen molar-refractivity contribution >= 4 is 35.1 Å². The Hall–Kier alpha value is -3.96. The van der Waals surface area contributed by atoms with Gasteiger partial charge in [0.25, 0.3) is 0 Å². The molecule has 7 nitrogen and oxygen atoms in total. The van der Waals surface area contributed by atoms with Gasteiger partial charge in [0, 0.05) is 28.4 Å². The first-order chi connectivity index (χ1) is 17.6. The van der Waals surface area contributed by atoms with Crippen LogP contribution in [0.3, 0.4) is 0 Å². The van der Waals surface area contributed by atoms with Crippen LogP contribution in [-0.4, -0.2) is 35.5 Å². The highest BCUT2D eigenvalue weighted by molar-refractivity contribution is 7.14. The smallest absolute Gasteiger partial charge is 0.348 e. The fourth-order valence-electron chi connectivity index (χ4n) is 4.23. The second kappa shape index (κ2) is 11.8. The summed E-state index contributed by atoms with van der Waals surface area (Å²) in [6.07, 6.45) is 1.36. The van der Waals surface area contributed by atoms with Crippen LogP contribution in [-0.2, 0) is 20.7 Å². The van der Waals surface area contributed by atoms with E-state index in [0.717, 1.165) is 39.5 Å². The van der Waals surface area contributed by atoms with Gasteiger partial charge < -0.3 is 14.0 Å². The Bertz CT molecular complexity index is 1440. The van der Waals surface area contributed by atoms with E-state index in [-0.39, 0.29) is 35.6 Å². The molecule has 0 saturated heterocycles.